The van der Waals surface area contributed by atoms with E-state index in [0.717, 1.165) is 16.3 Å². The molecule has 0 spiro atoms. The predicted octanol–water partition coefficient (Wildman–Crippen LogP) is 3.73. The third-order valence-corrected chi connectivity index (χ3v) is 5.28. The molecule has 1 aliphatic carbocycles. The number of carbonyl (C=O) groups excluding carboxylic acids is 2. The van der Waals surface area contributed by atoms with E-state index < -0.39 is 0 Å². The van der Waals surface area contributed by atoms with Gasteiger partial charge >= 0.3 is 0 Å². The SMILES string of the molecule is CC(=O)Nc1ccc(CC(=O)Nc2nnc(C3CCCCC3)s2)cc1. The smallest absolute Gasteiger partial charge is 0.230 e. The Balaban J connectivity index is 1.53. The number of nitrogens with one attached hydrogen (secondary N) is 2. The van der Waals surface area contributed by atoms with Crippen LogP contribution in [0.5, 0.6) is 0 Å². The first kappa shape index (κ1) is 17.5. The Morgan fingerprint density at radius 1 is 1.08 bits per heavy atom. The van der Waals surface area contributed by atoms with Crippen molar-refractivity contribution in [2.24, 2.45) is 0 Å². The van der Waals surface area contributed by atoms with E-state index in [1.807, 2.05) is 12.1 Å². The summed E-state index contributed by atoms with van der Waals surface area (Å²) in [7, 11) is 0. The van der Waals surface area contributed by atoms with Crippen molar-refractivity contribution < 1.29 is 9.59 Å². The van der Waals surface area contributed by atoms with Crippen molar-refractivity contribution in [2.45, 2.75) is 51.4 Å². The second-order valence-corrected chi connectivity index (χ2v) is 7.39. The molecule has 0 atom stereocenters. The van der Waals surface area contributed by atoms with Gasteiger partial charge in [-0.15, -0.1) is 10.2 Å². The number of amides is 2. The minimum Gasteiger partial charge on any atom is -0.326 e. The second kappa shape index (κ2) is 8.20. The van der Waals surface area contributed by atoms with Crippen molar-refractivity contribution in [2.75, 3.05) is 10.6 Å². The zero-order valence-electron chi connectivity index (χ0n) is 14.2. The van der Waals surface area contributed by atoms with Gasteiger partial charge in [0.2, 0.25) is 16.9 Å². The Kier molecular flexibility index (Phi) is 5.75. The molecule has 0 unspecified atom stereocenters. The molecule has 0 saturated heterocycles. The normalized spacial score (nSPS) is 14.9. The Morgan fingerprint density at radius 2 is 1.80 bits per heavy atom. The van der Waals surface area contributed by atoms with E-state index in [4.69, 9.17) is 0 Å². The summed E-state index contributed by atoms with van der Waals surface area (Å²) in [6.45, 7) is 1.46. The molecular formula is C18H22N4O2S. The zero-order chi connectivity index (χ0) is 17.6. The first-order chi connectivity index (χ1) is 12.1. The van der Waals surface area contributed by atoms with Crippen LogP contribution in [0, 0.1) is 0 Å². The van der Waals surface area contributed by atoms with E-state index in [1.54, 1.807) is 12.1 Å². The van der Waals surface area contributed by atoms with E-state index in [-0.39, 0.29) is 18.2 Å². The number of anilines is 2. The second-order valence-electron chi connectivity index (χ2n) is 6.38. The standard InChI is InChI=1S/C18H22N4O2S/c1-12(23)19-15-9-7-13(8-10-15)11-16(24)20-18-22-21-17(25-18)14-5-3-2-4-6-14/h7-10,14H,2-6,11H2,1H3,(H,19,23)(H,20,22,24). The molecule has 0 radical (unpaired) electrons. The molecule has 3 rings (SSSR count). The maximum Gasteiger partial charge on any atom is 0.230 e. The highest BCUT2D eigenvalue weighted by Gasteiger charge is 2.20. The summed E-state index contributed by atoms with van der Waals surface area (Å²) in [4.78, 5) is 23.2. The van der Waals surface area contributed by atoms with Crippen LogP contribution in [0.25, 0.3) is 0 Å². The maximum absolute atomic E-state index is 12.2. The van der Waals surface area contributed by atoms with Gasteiger partial charge in [-0.3, -0.25) is 9.59 Å². The topological polar surface area (TPSA) is 84.0 Å². The van der Waals surface area contributed by atoms with Crippen molar-refractivity contribution in [1.82, 2.24) is 10.2 Å². The molecule has 2 N–H and O–H groups in total. The molecule has 2 aromatic rings. The van der Waals surface area contributed by atoms with Crippen LogP contribution in [-0.4, -0.2) is 22.0 Å². The van der Waals surface area contributed by atoms with Gasteiger partial charge in [0.25, 0.3) is 0 Å². The molecule has 1 heterocycles. The Hall–Kier alpha value is -2.28. The molecule has 25 heavy (non-hydrogen) atoms. The maximum atomic E-state index is 12.2. The van der Waals surface area contributed by atoms with Gasteiger partial charge in [0.15, 0.2) is 0 Å². The van der Waals surface area contributed by atoms with Gasteiger partial charge in [0, 0.05) is 18.5 Å². The lowest BCUT2D eigenvalue weighted by atomic mass is 9.90. The molecule has 7 heteroatoms. The largest absolute Gasteiger partial charge is 0.326 e. The molecular weight excluding hydrogens is 336 g/mol. The van der Waals surface area contributed by atoms with Crippen LogP contribution in [-0.2, 0) is 16.0 Å². The molecule has 132 valence electrons. The fourth-order valence-corrected chi connectivity index (χ4v) is 3.99. The summed E-state index contributed by atoms with van der Waals surface area (Å²) < 4.78 is 0. The van der Waals surface area contributed by atoms with Crippen molar-refractivity contribution in [1.29, 1.82) is 0 Å². The average Bonchev–Trinajstić information content (AvgIpc) is 3.05. The zero-order valence-corrected chi connectivity index (χ0v) is 15.1. The van der Waals surface area contributed by atoms with Crippen LogP contribution in [0.15, 0.2) is 24.3 Å². The number of benzene rings is 1. The van der Waals surface area contributed by atoms with Crippen molar-refractivity contribution in [3.63, 3.8) is 0 Å². The third kappa shape index (κ3) is 5.09. The summed E-state index contributed by atoms with van der Waals surface area (Å²) in [6.07, 6.45) is 6.41. The van der Waals surface area contributed by atoms with E-state index >= 15 is 0 Å². The van der Waals surface area contributed by atoms with E-state index in [9.17, 15) is 9.59 Å². The van der Waals surface area contributed by atoms with Gasteiger partial charge in [-0.1, -0.05) is 42.7 Å². The van der Waals surface area contributed by atoms with Gasteiger partial charge in [-0.05, 0) is 30.5 Å². The summed E-state index contributed by atoms with van der Waals surface area (Å²) in [5.41, 5.74) is 1.60. The number of carbonyl (C=O) groups is 2. The molecule has 1 aromatic heterocycles. The fourth-order valence-electron chi connectivity index (χ4n) is 3.06. The minimum absolute atomic E-state index is 0.112. The van der Waals surface area contributed by atoms with Crippen molar-refractivity contribution in [3.8, 4) is 0 Å². The number of aromatic nitrogens is 2. The number of hydrogen-bond donors (Lipinski definition) is 2. The summed E-state index contributed by atoms with van der Waals surface area (Å²) >= 11 is 1.49. The lowest BCUT2D eigenvalue weighted by Gasteiger charge is -2.18. The molecule has 1 saturated carbocycles. The van der Waals surface area contributed by atoms with Crippen LogP contribution in [0.3, 0.4) is 0 Å². The van der Waals surface area contributed by atoms with E-state index in [0.29, 0.717) is 11.0 Å². The number of hydrogen-bond acceptors (Lipinski definition) is 5. The van der Waals surface area contributed by atoms with Crippen LogP contribution < -0.4 is 10.6 Å². The van der Waals surface area contributed by atoms with Gasteiger partial charge < -0.3 is 10.6 Å². The lowest BCUT2D eigenvalue weighted by molar-refractivity contribution is -0.116. The van der Waals surface area contributed by atoms with Gasteiger partial charge in [-0.2, -0.15) is 0 Å². The molecule has 1 fully saturated rings. The summed E-state index contributed by atoms with van der Waals surface area (Å²) in [5, 5.41) is 15.5. The van der Waals surface area contributed by atoms with Crippen molar-refractivity contribution in [3.05, 3.63) is 34.8 Å². The van der Waals surface area contributed by atoms with Gasteiger partial charge in [0.05, 0.1) is 6.42 Å². The molecule has 1 aliphatic rings. The molecule has 0 aliphatic heterocycles. The van der Waals surface area contributed by atoms with Gasteiger partial charge in [0.1, 0.15) is 5.01 Å². The van der Waals surface area contributed by atoms with Gasteiger partial charge in [-0.25, -0.2) is 0 Å². The molecule has 6 nitrogen and oxygen atoms in total. The number of rotatable bonds is 5. The lowest BCUT2D eigenvalue weighted by Crippen LogP contribution is -2.14. The Labute approximate surface area is 151 Å². The monoisotopic (exact) mass is 358 g/mol. The highest BCUT2D eigenvalue weighted by Crippen LogP contribution is 2.35. The molecule has 1 aromatic carbocycles. The third-order valence-electron chi connectivity index (χ3n) is 4.28. The fraction of sp³-hybridized carbons (Fsp3) is 0.444. The predicted molar refractivity (Wildman–Crippen MR) is 98.8 cm³/mol. The van der Waals surface area contributed by atoms with Crippen LogP contribution in [0.4, 0.5) is 10.8 Å². The first-order valence-corrected chi connectivity index (χ1v) is 9.41. The molecule has 0 bridgehead atoms. The minimum atomic E-state index is -0.115. The van der Waals surface area contributed by atoms with E-state index in [2.05, 4.69) is 20.8 Å². The summed E-state index contributed by atoms with van der Waals surface area (Å²) in [5.74, 6) is 0.271. The Bertz CT molecular complexity index is 736. The highest BCUT2D eigenvalue weighted by molar-refractivity contribution is 7.15. The summed E-state index contributed by atoms with van der Waals surface area (Å²) in [6, 6.07) is 7.24. The average molecular weight is 358 g/mol. The number of nitrogens with zero attached hydrogens (tertiary/aromatic N) is 2. The highest BCUT2D eigenvalue weighted by atomic mass is 32.1. The van der Waals surface area contributed by atoms with Crippen molar-refractivity contribution >= 4 is 34.0 Å². The quantitative estimate of drug-likeness (QED) is 0.853. The van der Waals surface area contributed by atoms with Crippen LogP contribution >= 0.6 is 11.3 Å². The van der Waals surface area contributed by atoms with Crippen LogP contribution in [0.2, 0.25) is 0 Å². The molecule has 2 amide bonds. The van der Waals surface area contributed by atoms with Crippen LogP contribution in [0.1, 0.15) is 55.5 Å². The Morgan fingerprint density at radius 3 is 2.48 bits per heavy atom. The van der Waals surface area contributed by atoms with E-state index in [1.165, 1.54) is 50.4 Å². The first-order valence-electron chi connectivity index (χ1n) is 8.60.